The number of hydrogen-bond donors (Lipinski definition) is 1. The number of nitrogens with zero attached hydrogens (tertiary/aromatic N) is 4. The molecule has 0 aliphatic heterocycles. The van der Waals surface area contributed by atoms with Gasteiger partial charge < -0.3 is 5.32 Å². The summed E-state index contributed by atoms with van der Waals surface area (Å²) in [6.07, 6.45) is 3.48. The van der Waals surface area contributed by atoms with E-state index in [4.69, 9.17) is 0 Å². The van der Waals surface area contributed by atoms with Crippen molar-refractivity contribution in [2.75, 3.05) is 5.32 Å². The minimum Gasteiger partial charge on any atom is -0.319 e. The van der Waals surface area contributed by atoms with Crippen LogP contribution >= 0.6 is 22.7 Å². The first-order valence-electron chi connectivity index (χ1n) is 7.87. The highest BCUT2D eigenvalue weighted by Crippen LogP contribution is 2.29. The predicted molar refractivity (Wildman–Crippen MR) is 105 cm³/mol. The number of thiazole rings is 1. The zero-order valence-corrected chi connectivity index (χ0v) is 15.8. The third-order valence-electron chi connectivity index (χ3n) is 3.72. The van der Waals surface area contributed by atoms with Gasteiger partial charge >= 0.3 is 0 Å². The van der Waals surface area contributed by atoms with Gasteiger partial charge in [0.1, 0.15) is 5.69 Å². The Hall–Kier alpha value is -2.84. The number of carbonyl (C=O) groups excluding carboxylic acids is 1. The van der Waals surface area contributed by atoms with E-state index in [-0.39, 0.29) is 5.91 Å². The fraction of sp³-hybridized carbons (Fsp3) is 0.111. The van der Waals surface area contributed by atoms with E-state index in [9.17, 15) is 4.79 Å². The van der Waals surface area contributed by atoms with Gasteiger partial charge in [0.25, 0.3) is 5.91 Å². The lowest BCUT2D eigenvalue weighted by Gasteiger charge is -2.03. The van der Waals surface area contributed by atoms with Gasteiger partial charge in [0.05, 0.1) is 32.5 Å². The molecule has 1 N–H and O–H groups in total. The molecule has 130 valence electrons. The minimum atomic E-state index is -0.176. The summed E-state index contributed by atoms with van der Waals surface area (Å²) in [5, 5.41) is 12.2. The average molecular weight is 381 g/mol. The second-order valence-corrected chi connectivity index (χ2v) is 7.66. The SMILES string of the molecule is Cc1nc(-c2cc(C(=O)Nc3cn(C)nc3-c3ccccn3)cs2)cs1. The molecule has 4 heterocycles. The molecule has 1 amide bonds. The van der Waals surface area contributed by atoms with Gasteiger partial charge in [-0.15, -0.1) is 22.7 Å². The number of hydrogen-bond acceptors (Lipinski definition) is 6. The zero-order chi connectivity index (χ0) is 18.1. The Labute approximate surface area is 158 Å². The topological polar surface area (TPSA) is 72.7 Å². The van der Waals surface area contributed by atoms with E-state index in [1.165, 1.54) is 11.3 Å². The van der Waals surface area contributed by atoms with Crippen molar-refractivity contribution >= 4 is 34.3 Å². The first-order valence-corrected chi connectivity index (χ1v) is 9.63. The number of nitrogens with one attached hydrogen (secondary N) is 1. The predicted octanol–water partition coefficient (Wildman–Crippen LogP) is 4.23. The van der Waals surface area contributed by atoms with Crippen molar-refractivity contribution in [1.29, 1.82) is 0 Å². The average Bonchev–Trinajstić information content (AvgIpc) is 3.35. The van der Waals surface area contributed by atoms with Crippen molar-refractivity contribution in [3.63, 3.8) is 0 Å². The molecule has 0 radical (unpaired) electrons. The molecule has 4 rings (SSSR count). The lowest BCUT2D eigenvalue weighted by molar-refractivity contribution is 0.102. The van der Waals surface area contributed by atoms with Crippen LogP contribution in [0.2, 0.25) is 0 Å². The molecule has 0 aliphatic carbocycles. The molecule has 8 heteroatoms. The number of thiophene rings is 1. The molecule has 0 saturated carbocycles. The van der Waals surface area contributed by atoms with Gasteiger partial charge in [-0.25, -0.2) is 4.98 Å². The highest BCUT2D eigenvalue weighted by atomic mass is 32.1. The van der Waals surface area contributed by atoms with Crippen LogP contribution < -0.4 is 5.32 Å². The van der Waals surface area contributed by atoms with Crippen LogP contribution in [0.1, 0.15) is 15.4 Å². The van der Waals surface area contributed by atoms with Crippen molar-refractivity contribution in [3.05, 3.63) is 58.0 Å². The third kappa shape index (κ3) is 3.29. The van der Waals surface area contributed by atoms with Gasteiger partial charge in [0.15, 0.2) is 0 Å². The first-order chi connectivity index (χ1) is 12.6. The first kappa shape index (κ1) is 16.6. The summed E-state index contributed by atoms with van der Waals surface area (Å²) >= 11 is 3.11. The van der Waals surface area contributed by atoms with E-state index in [2.05, 4.69) is 20.4 Å². The largest absolute Gasteiger partial charge is 0.319 e. The summed E-state index contributed by atoms with van der Waals surface area (Å²) < 4.78 is 1.66. The Morgan fingerprint density at radius 2 is 2.08 bits per heavy atom. The molecular weight excluding hydrogens is 366 g/mol. The number of aryl methyl sites for hydroxylation is 2. The number of rotatable bonds is 4. The number of pyridine rings is 1. The molecule has 0 aromatic carbocycles. The van der Waals surface area contributed by atoms with Crippen molar-refractivity contribution in [3.8, 4) is 22.0 Å². The van der Waals surface area contributed by atoms with Crippen LogP contribution in [0.3, 0.4) is 0 Å². The lowest BCUT2D eigenvalue weighted by Crippen LogP contribution is -2.11. The van der Waals surface area contributed by atoms with Gasteiger partial charge in [0.2, 0.25) is 0 Å². The van der Waals surface area contributed by atoms with E-state index in [0.717, 1.165) is 15.6 Å². The Bertz CT molecular complexity index is 1060. The second kappa shape index (κ2) is 6.81. The standard InChI is InChI=1S/C18H15N5OS2/c1-11-20-15(10-25-11)16-7-12(9-26-16)18(24)21-14-8-23(2)22-17(14)13-5-3-4-6-19-13/h3-10H,1-2H3,(H,21,24). The molecule has 0 unspecified atom stereocenters. The van der Waals surface area contributed by atoms with Gasteiger partial charge in [-0.2, -0.15) is 5.10 Å². The van der Waals surface area contributed by atoms with E-state index in [1.807, 2.05) is 49.0 Å². The maximum absolute atomic E-state index is 12.7. The Kier molecular flexibility index (Phi) is 4.36. The summed E-state index contributed by atoms with van der Waals surface area (Å²) in [5.41, 5.74) is 3.51. The Morgan fingerprint density at radius 1 is 1.19 bits per heavy atom. The Balaban J connectivity index is 1.59. The van der Waals surface area contributed by atoms with Crippen LogP contribution in [0, 0.1) is 6.92 Å². The zero-order valence-electron chi connectivity index (χ0n) is 14.1. The van der Waals surface area contributed by atoms with Gasteiger partial charge in [-0.1, -0.05) is 6.07 Å². The summed E-state index contributed by atoms with van der Waals surface area (Å²) in [4.78, 5) is 22.4. The molecular formula is C18H15N5OS2. The highest BCUT2D eigenvalue weighted by molar-refractivity contribution is 7.14. The molecule has 0 saturated heterocycles. The normalized spacial score (nSPS) is 10.8. The Morgan fingerprint density at radius 3 is 2.81 bits per heavy atom. The minimum absolute atomic E-state index is 0.176. The van der Waals surface area contributed by atoms with E-state index >= 15 is 0 Å². The molecule has 0 fully saturated rings. The number of carbonyl (C=O) groups is 1. The smallest absolute Gasteiger partial charge is 0.256 e. The fourth-order valence-corrected chi connectivity index (χ4v) is 4.07. The quantitative estimate of drug-likeness (QED) is 0.574. The van der Waals surface area contributed by atoms with Crippen LogP contribution in [-0.4, -0.2) is 25.7 Å². The molecule has 0 aliphatic rings. The lowest BCUT2D eigenvalue weighted by atomic mass is 10.2. The summed E-state index contributed by atoms with van der Waals surface area (Å²) in [5.74, 6) is -0.176. The summed E-state index contributed by atoms with van der Waals surface area (Å²) in [6.45, 7) is 1.97. The maximum atomic E-state index is 12.7. The number of anilines is 1. The van der Waals surface area contributed by atoms with Crippen LogP contribution in [-0.2, 0) is 7.05 Å². The van der Waals surface area contributed by atoms with Crippen molar-refractivity contribution in [1.82, 2.24) is 19.7 Å². The van der Waals surface area contributed by atoms with Crippen molar-refractivity contribution in [2.24, 2.45) is 7.05 Å². The van der Waals surface area contributed by atoms with E-state index in [0.29, 0.717) is 22.6 Å². The highest BCUT2D eigenvalue weighted by Gasteiger charge is 2.16. The monoisotopic (exact) mass is 381 g/mol. The molecule has 6 nitrogen and oxygen atoms in total. The molecule has 4 aromatic heterocycles. The van der Waals surface area contributed by atoms with Gasteiger partial charge in [-0.3, -0.25) is 14.5 Å². The van der Waals surface area contributed by atoms with Crippen LogP contribution in [0.4, 0.5) is 5.69 Å². The summed E-state index contributed by atoms with van der Waals surface area (Å²) in [7, 11) is 1.81. The second-order valence-electron chi connectivity index (χ2n) is 5.69. The maximum Gasteiger partial charge on any atom is 0.256 e. The molecule has 26 heavy (non-hydrogen) atoms. The third-order valence-corrected chi connectivity index (χ3v) is 5.44. The number of aromatic nitrogens is 4. The molecule has 4 aromatic rings. The van der Waals surface area contributed by atoms with E-state index in [1.54, 1.807) is 28.4 Å². The van der Waals surface area contributed by atoms with Crippen LogP contribution in [0.15, 0.2) is 47.4 Å². The summed E-state index contributed by atoms with van der Waals surface area (Å²) in [6, 6.07) is 7.47. The van der Waals surface area contributed by atoms with E-state index < -0.39 is 0 Å². The molecule has 0 atom stereocenters. The molecule has 0 spiro atoms. The van der Waals surface area contributed by atoms with Crippen LogP contribution in [0.5, 0.6) is 0 Å². The van der Waals surface area contributed by atoms with Crippen LogP contribution in [0.25, 0.3) is 22.0 Å². The number of amides is 1. The van der Waals surface area contributed by atoms with Crippen molar-refractivity contribution < 1.29 is 4.79 Å². The van der Waals surface area contributed by atoms with Gasteiger partial charge in [0, 0.05) is 30.2 Å². The van der Waals surface area contributed by atoms with Gasteiger partial charge in [-0.05, 0) is 25.1 Å². The molecule has 0 bridgehead atoms. The van der Waals surface area contributed by atoms with Crippen molar-refractivity contribution in [2.45, 2.75) is 6.92 Å². The fourth-order valence-electron chi connectivity index (χ4n) is 2.53.